The Morgan fingerprint density at radius 1 is 0.828 bits per heavy atom. The van der Waals surface area contributed by atoms with Gasteiger partial charge in [-0.1, -0.05) is 35.5 Å². The van der Waals surface area contributed by atoms with Gasteiger partial charge >= 0.3 is 6.18 Å². The van der Waals surface area contributed by atoms with Gasteiger partial charge in [-0.05, 0) is 42.0 Å². The quantitative estimate of drug-likeness (QED) is 0.560. The lowest BCUT2D eigenvalue weighted by molar-refractivity contribution is -0.141. The predicted octanol–water partition coefficient (Wildman–Crippen LogP) is 5.75. The molecule has 2 heterocycles. The van der Waals surface area contributed by atoms with E-state index in [1.54, 1.807) is 0 Å². The van der Waals surface area contributed by atoms with E-state index in [1.807, 2.05) is 54.6 Å². The molecule has 3 aromatic rings. The van der Waals surface area contributed by atoms with Gasteiger partial charge in [0.2, 0.25) is 5.90 Å². The first kappa shape index (κ1) is 18.8. The van der Waals surface area contributed by atoms with Crippen LogP contribution >= 0.6 is 0 Å². The van der Waals surface area contributed by atoms with Crippen LogP contribution in [0.25, 0.3) is 0 Å². The Morgan fingerprint density at radius 2 is 1.52 bits per heavy atom. The van der Waals surface area contributed by atoms with Crippen molar-refractivity contribution >= 4 is 5.90 Å². The molecule has 1 aliphatic rings. The first-order valence-corrected chi connectivity index (χ1v) is 8.74. The first-order valence-electron chi connectivity index (χ1n) is 8.74. The van der Waals surface area contributed by atoms with Crippen molar-refractivity contribution in [2.24, 2.45) is 5.16 Å². The number of pyridine rings is 1. The number of nitrogens with zero attached hydrogens (tertiary/aromatic N) is 2. The Labute approximate surface area is 164 Å². The van der Waals surface area contributed by atoms with Crippen LogP contribution in [0, 0.1) is 0 Å². The molecule has 5 nitrogen and oxygen atoms in total. The summed E-state index contributed by atoms with van der Waals surface area (Å²) in [7, 11) is 0. The molecule has 0 fully saturated rings. The van der Waals surface area contributed by atoms with Gasteiger partial charge < -0.3 is 14.3 Å². The Hall–Kier alpha value is -3.55. The standard InChI is InChI=1S/C21H15F3N2O3/c22-21(23,24)19-11-10-17(13-25-19)28-20-12-18(29-26-20)14-6-8-16(9-7-14)27-15-4-2-1-3-5-15/h1-11,13,18H,12H2/t18-/m0/s1. The Morgan fingerprint density at radius 3 is 2.17 bits per heavy atom. The zero-order valence-electron chi connectivity index (χ0n) is 15.0. The van der Waals surface area contributed by atoms with Crippen molar-refractivity contribution in [1.29, 1.82) is 0 Å². The Kier molecular flexibility index (Phi) is 5.07. The maximum Gasteiger partial charge on any atom is 0.433 e. The van der Waals surface area contributed by atoms with Crippen LogP contribution in [0.3, 0.4) is 0 Å². The van der Waals surface area contributed by atoms with Crippen LogP contribution in [0.5, 0.6) is 17.2 Å². The molecule has 8 heteroatoms. The van der Waals surface area contributed by atoms with E-state index in [2.05, 4.69) is 10.1 Å². The zero-order chi connectivity index (χ0) is 20.3. The SMILES string of the molecule is FC(F)(F)c1ccc(OC2=NO[C@H](c3ccc(Oc4ccccc4)cc3)C2)cn1. The molecule has 0 radical (unpaired) electrons. The third-order valence-electron chi connectivity index (χ3n) is 4.14. The minimum absolute atomic E-state index is 0.160. The van der Waals surface area contributed by atoms with Crippen molar-refractivity contribution in [2.75, 3.05) is 0 Å². The fourth-order valence-corrected chi connectivity index (χ4v) is 2.71. The number of hydrogen-bond donors (Lipinski definition) is 0. The molecule has 0 saturated heterocycles. The van der Waals surface area contributed by atoms with Crippen LogP contribution in [0.1, 0.15) is 23.8 Å². The predicted molar refractivity (Wildman–Crippen MR) is 98.7 cm³/mol. The summed E-state index contributed by atoms with van der Waals surface area (Å²) in [6.07, 6.45) is -3.49. The molecule has 0 aliphatic carbocycles. The summed E-state index contributed by atoms with van der Waals surface area (Å²) < 4.78 is 48.9. The Bertz CT molecular complexity index is 988. The highest BCUT2D eigenvalue weighted by molar-refractivity contribution is 5.79. The van der Waals surface area contributed by atoms with Gasteiger partial charge in [0.25, 0.3) is 0 Å². The molecule has 2 aromatic carbocycles. The van der Waals surface area contributed by atoms with Crippen LogP contribution in [-0.4, -0.2) is 10.9 Å². The molecule has 0 saturated carbocycles. The van der Waals surface area contributed by atoms with E-state index in [1.165, 1.54) is 6.07 Å². The van der Waals surface area contributed by atoms with Gasteiger partial charge in [0, 0.05) is 0 Å². The maximum absolute atomic E-state index is 12.6. The highest BCUT2D eigenvalue weighted by Crippen LogP contribution is 2.31. The van der Waals surface area contributed by atoms with Crippen LogP contribution in [-0.2, 0) is 11.0 Å². The molecule has 148 valence electrons. The molecule has 0 spiro atoms. The molecule has 1 aliphatic heterocycles. The van der Waals surface area contributed by atoms with E-state index >= 15 is 0 Å². The number of halogens is 3. The van der Waals surface area contributed by atoms with Crippen molar-refractivity contribution < 1.29 is 27.5 Å². The number of aromatic nitrogens is 1. The van der Waals surface area contributed by atoms with Gasteiger partial charge in [-0.2, -0.15) is 13.2 Å². The molecule has 4 rings (SSSR count). The average molecular weight is 400 g/mol. The number of oxime groups is 1. The Balaban J connectivity index is 1.34. The van der Waals surface area contributed by atoms with Crippen molar-refractivity contribution in [3.8, 4) is 17.2 Å². The number of para-hydroxylation sites is 1. The molecular formula is C21H15F3N2O3. The van der Waals surface area contributed by atoms with Crippen LogP contribution in [0.15, 0.2) is 78.1 Å². The van der Waals surface area contributed by atoms with Gasteiger partial charge in [0.1, 0.15) is 22.9 Å². The van der Waals surface area contributed by atoms with E-state index in [9.17, 15) is 13.2 Å². The van der Waals surface area contributed by atoms with E-state index in [0.717, 1.165) is 23.6 Å². The zero-order valence-corrected chi connectivity index (χ0v) is 15.0. The summed E-state index contributed by atoms with van der Waals surface area (Å²) in [5.74, 6) is 1.85. The summed E-state index contributed by atoms with van der Waals surface area (Å²) in [5.41, 5.74) is -0.108. The van der Waals surface area contributed by atoms with E-state index < -0.39 is 11.9 Å². The highest BCUT2D eigenvalue weighted by atomic mass is 19.4. The molecule has 0 N–H and O–H groups in total. The lowest BCUT2D eigenvalue weighted by Gasteiger charge is -2.10. The first-order chi connectivity index (χ1) is 14.0. The van der Waals surface area contributed by atoms with E-state index in [4.69, 9.17) is 14.3 Å². The number of hydrogen-bond acceptors (Lipinski definition) is 5. The van der Waals surface area contributed by atoms with Crippen LogP contribution in [0.4, 0.5) is 13.2 Å². The third-order valence-corrected chi connectivity index (χ3v) is 4.14. The van der Waals surface area contributed by atoms with Gasteiger partial charge in [-0.25, -0.2) is 4.98 Å². The van der Waals surface area contributed by atoms with Gasteiger partial charge in [0.15, 0.2) is 6.10 Å². The topological polar surface area (TPSA) is 52.9 Å². The second-order valence-corrected chi connectivity index (χ2v) is 6.25. The fourth-order valence-electron chi connectivity index (χ4n) is 2.71. The monoisotopic (exact) mass is 400 g/mol. The summed E-state index contributed by atoms with van der Waals surface area (Å²) in [6, 6.07) is 18.8. The van der Waals surface area contributed by atoms with Crippen molar-refractivity contribution in [3.05, 3.63) is 84.2 Å². The highest BCUT2D eigenvalue weighted by Gasteiger charge is 2.32. The summed E-state index contributed by atoms with van der Waals surface area (Å²) in [4.78, 5) is 8.74. The number of benzene rings is 2. The van der Waals surface area contributed by atoms with E-state index in [0.29, 0.717) is 12.2 Å². The summed E-state index contributed by atoms with van der Waals surface area (Å²) in [6.45, 7) is 0. The minimum Gasteiger partial charge on any atom is -0.457 e. The second kappa shape index (κ2) is 7.83. The molecular weight excluding hydrogens is 385 g/mol. The largest absolute Gasteiger partial charge is 0.457 e. The lowest BCUT2D eigenvalue weighted by atomic mass is 10.1. The molecule has 0 amide bonds. The average Bonchev–Trinajstić information content (AvgIpc) is 3.17. The minimum atomic E-state index is -4.49. The summed E-state index contributed by atoms with van der Waals surface area (Å²) in [5, 5.41) is 3.86. The number of alkyl halides is 3. The molecule has 1 aromatic heterocycles. The lowest BCUT2D eigenvalue weighted by Crippen LogP contribution is -2.10. The van der Waals surface area contributed by atoms with Gasteiger partial charge in [-0.15, -0.1) is 0 Å². The normalized spacial score (nSPS) is 16.1. The maximum atomic E-state index is 12.6. The van der Waals surface area contributed by atoms with Crippen molar-refractivity contribution in [2.45, 2.75) is 18.7 Å². The smallest absolute Gasteiger partial charge is 0.433 e. The molecule has 29 heavy (non-hydrogen) atoms. The van der Waals surface area contributed by atoms with Crippen LogP contribution in [0.2, 0.25) is 0 Å². The van der Waals surface area contributed by atoms with Crippen LogP contribution < -0.4 is 9.47 Å². The third kappa shape index (κ3) is 4.66. The fraction of sp³-hybridized carbons (Fsp3) is 0.143. The second-order valence-electron chi connectivity index (χ2n) is 6.25. The molecule has 1 atom stereocenters. The summed E-state index contributed by atoms with van der Waals surface area (Å²) >= 11 is 0. The van der Waals surface area contributed by atoms with Gasteiger partial charge in [-0.3, -0.25) is 0 Å². The molecule has 0 unspecified atom stereocenters. The van der Waals surface area contributed by atoms with Crippen molar-refractivity contribution in [3.63, 3.8) is 0 Å². The number of ether oxygens (including phenoxy) is 2. The van der Waals surface area contributed by atoms with Gasteiger partial charge in [0.05, 0.1) is 12.6 Å². The van der Waals surface area contributed by atoms with Crippen molar-refractivity contribution in [1.82, 2.24) is 4.98 Å². The molecule has 0 bridgehead atoms. The number of rotatable bonds is 4. The van der Waals surface area contributed by atoms with E-state index in [-0.39, 0.29) is 17.8 Å².